The van der Waals surface area contributed by atoms with Gasteiger partial charge >= 0.3 is 24.7 Å². The normalized spacial score (nSPS) is 20.2. The van der Waals surface area contributed by atoms with E-state index in [-0.39, 0.29) is 54.3 Å². The number of ether oxygens (including phenoxy) is 1. The number of aromatic nitrogens is 1. The Morgan fingerprint density at radius 2 is 1.36 bits per heavy atom. The average Bonchev–Trinajstić information content (AvgIpc) is 3.21. The third-order valence-corrected chi connectivity index (χ3v) is 13.6. The Hall–Kier alpha value is -5.15. The highest BCUT2D eigenvalue weighted by Crippen LogP contribution is 2.45. The van der Waals surface area contributed by atoms with Gasteiger partial charge in [0.15, 0.2) is 0 Å². The summed E-state index contributed by atoms with van der Waals surface area (Å²) in [6.07, 6.45) is -16.9. The van der Waals surface area contributed by atoms with Crippen molar-refractivity contribution in [1.29, 1.82) is 0 Å². The molecule has 3 saturated heterocycles. The molecular weight excluding hydrogens is 849 g/mol. The van der Waals surface area contributed by atoms with Crippen molar-refractivity contribution < 1.29 is 62.2 Å². The molecule has 0 radical (unpaired) electrons. The standard InChI is InChI=1S/C43H34F12N3O2P/c1-3-23-22-58-13-11-24(23)14-36(58)38(32-10-12-56-35-9-8-29(60-2)21-34(32)35)57-39(59)33-6-4-5-7-37(33)61(30-17-25(40(44,45)46)15-26(18-30)41(47,48)49)31-19-27(42(50,51)52)16-28(20-31)43(53,54)55/h3-10,12,15-21,23-24,36,38H,1,11,13-14,22H2,2H3,(H,57,59)/t23?,24?,36-,38-/m0/s1. The summed E-state index contributed by atoms with van der Waals surface area (Å²) in [5, 5.41) is 1.40. The van der Waals surface area contributed by atoms with Crippen molar-refractivity contribution in [2.75, 3.05) is 20.2 Å². The summed E-state index contributed by atoms with van der Waals surface area (Å²) in [4.78, 5) is 21.5. The number of nitrogens with one attached hydrogen (secondary N) is 1. The van der Waals surface area contributed by atoms with Gasteiger partial charge in [-0.25, -0.2) is 0 Å². The van der Waals surface area contributed by atoms with Crippen molar-refractivity contribution in [1.82, 2.24) is 15.2 Å². The van der Waals surface area contributed by atoms with Crippen LogP contribution in [0.4, 0.5) is 52.7 Å². The summed E-state index contributed by atoms with van der Waals surface area (Å²) in [5.74, 6) is -0.168. The lowest BCUT2D eigenvalue weighted by Crippen LogP contribution is -2.57. The van der Waals surface area contributed by atoms with Crippen molar-refractivity contribution in [2.24, 2.45) is 11.8 Å². The predicted octanol–water partition coefficient (Wildman–Crippen LogP) is 10.4. The Morgan fingerprint density at radius 1 is 0.803 bits per heavy atom. The number of carbonyl (C=O) groups excluding carboxylic acids is 1. The van der Waals surface area contributed by atoms with Gasteiger partial charge < -0.3 is 10.1 Å². The summed E-state index contributed by atoms with van der Waals surface area (Å²) in [7, 11) is -1.75. The molecule has 1 amide bonds. The minimum absolute atomic E-state index is 0.142. The topological polar surface area (TPSA) is 54.5 Å². The highest BCUT2D eigenvalue weighted by molar-refractivity contribution is 7.80. The molecule has 1 aromatic heterocycles. The van der Waals surface area contributed by atoms with E-state index in [0.29, 0.717) is 41.7 Å². The molecule has 4 heterocycles. The summed E-state index contributed by atoms with van der Waals surface area (Å²) >= 11 is 0. The van der Waals surface area contributed by atoms with Crippen LogP contribution in [0, 0.1) is 11.8 Å². The van der Waals surface area contributed by atoms with Gasteiger partial charge in [-0.1, -0.05) is 24.3 Å². The highest BCUT2D eigenvalue weighted by atomic mass is 31.1. The fourth-order valence-corrected chi connectivity index (χ4v) is 10.9. The van der Waals surface area contributed by atoms with Crippen LogP contribution in [-0.2, 0) is 24.7 Å². The molecule has 18 heteroatoms. The van der Waals surface area contributed by atoms with Crippen molar-refractivity contribution in [3.05, 3.63) is 137 Å². The maximum Gasteiger partial charge on any atom is 0.416 e. The number of halogens is 12. The second-order valence-electron chi connectivity index (χ2n) is 14.9. The average molecular weight is 884 g/mol. The van der Waals surface area contributed by atoms with E-state index < -0.39 is 88.3 Å². The molecule has 5 nitrogen and oxygen atoms in total. The maximum absolute atomic E-state index is 14.9. The molecule has 322 valence electrons. The number of amides is 1. The number of methoxy groups -OCH3 is 1. The SMILES string of the molecule is C=CC1CN2CCC1C[C@H]2[C@@H](NC(=O)c1ccccc1P(c1cc(C(F)(F)F)cc(C(F)(F)F)c1)c1cc(C(F)(F)F)cc(C(F)(F)F)c1)c1ccnc2ccc(OC)cc12. The number of nitrogens with zero attached hydrogens (tertiary/aromatic N) is 2. The van der Waals surface area contributed by atoms with Gasteiger partial charge in [-0.3, -0.25) is 14.7 Å². The van der Waals surface area contributed by atoms with Crippen molar-refractivity contribution in [3.63, 3.8) is 0 Å². The first-order chi connectivity index (χ1) is 28.6. The monoisotopic (exact) mass is 883 g/mol. The van der Waals surface area contributed by atoms with Crippen LogP contribution in [0.15, 0.2) is 104 Å². The van der Waals surface area contributed by atoms with Gasteiger partial charge in [0.1, 0.15) is 5.75 Å². The first kappa shape index (κ1) is 43.9. The molecule has 3 fully saturated rings. The molecule has 61 heavy (non-hydrogen) atoms. The van der Waals surface area contributed by atoms with E-state index in [2.05, 4.69) is 21.8 Å². The van der Waals surface area contributed by atoms with E-state index in [4.69, 9.17) is 4.74 Å². The number of hydrogen-bond donors (Lipinski definition) is 1. The number of piperidine rings is 3. The Balaban J connectivity index is 1.44. The minimum Gasteiger partial charge on any atom is -0.497 e. The molecular formula is C43H34F12N3O2P. The molecule has 3 aliphatic rings. The zero-order valence-corrected chi connectivity index (χ0v) is 32.7. The van der Waals surface area contributed by atoms with E-state index >= 15 is 0 Å². The van der Waals surface area contributed by atoms with Gasteiger partial charge in [0.25, 0.3) is 5.91 Å². The molecule has 3 aliphatic heterocycles. The van der Waals surface area contributed by atoms with Crippen molar-refractivity contribution in [3.8, 4) is 5.75 Å². The Morgan fingerprint density at radius 3 is 1.85 bits per heavy atom. The van der Waals surface area contributed by atoms with Crippen LogP contribution in [-0.4, -0.2) is 42.0 Å². The Labute approximate surface area is 342 Å². The number of pyridine rings is 1. The van der Waals surface area contributed by atoms with Crippen LogP contribution < -0.4 is 26.0 Å². The molecule has 0 saturated carbocycles. The minimum atomic E-state index is -5.43. The predicted molar refractivity (Wildman–Crippen MR) is 205 cm³/mol. The van der Waals surface area contributed by atoms with Crippen LogP contribution in [0.3, 0.4) is 0 Å². The third kappa shape index (κ3) is 9.09. The maximum atomic E-state index is 14.9. The van der Waals surface area contributed by atoms with E-state index in [0.717, 1.165) is 12.5 Å². The van der Waals surface area contributed by atoms with Crippen molar-refractivity contribution in [2.45, 2.75) is 49.6 Å². The fourth-order valence-electron chi connectivity index (χ4n) is 8.29. The quantitative estimate of drug-likeness (QED) is 0.0911. The van der Waals surface area contributed by atoms with E-state index in [1.807, 2.05) is 6.08 Å². The largest absolute Gasteiger partial charge is 0.497 e. The first-order valence-electron chi connectivity index (χ1n) is 18.6. The van der Waals surface area contributed by atoms with Crippen LogP contribution in [0.25, 0.3) is 10.9 Å². The zero-order chi connectivity index (χ0) is 44.2. The van der Waals surface area contributed by atoms with E-state index in [1.165, 1.54) is 31.5 Å². The number of benzene rings is 4. The molecule has 0 aliphatic carbocycles. The zero-order valence-electron chi connectivity index (χ0n) is 31.8. The van der Waals surface area contributed by atoms with Gasteiger partial charge in [-0.05, 0) is 127 Å². The van der Waals surface area contributed by atoms with Crippen LogP contribution in [0.5, 0.6) is 5.75 Å². The molecule has 5 aromatic rings. The Bertz CT molecular complexity index is 2330. The lowest BCUT2D eigenvalue weighted by Gasteiger charge is -2.51. The Kier molecular flexibility index (Phi) is 11.7. The van der Waals surface area contributed by atoms with Crippen LogP contribution in [0.1, 0.15) is 57.1 Å². The van der Waals surface area contributed by atoms with E-state index in [9.17, 15) is 57.5 Å². The molecule has 5 atom stereocenters. The third-order valence-electron chi connectivity index (χ3n) is 11.2. The molecule has 4 aromatic carbocycles. The smallest absolute Gasteiger partial charge is 0.416 e. The van der Waals surface area contributed by atoms with E-state index in [1.54, 1.807) is 24.3 Å². The fraction of sp³-hybridized carbons (Fsp3) is 0.302. The summed E-state index contributed by atoms with van der Waals surface area (Å²) in [5.41, 5.74) is -6.71. The van der Waals surface area contributed by atoms with Gasteiger partial charge in [0.05, 0.1) is 40.9 Å². The van der Waals surface area contributed by atoms with Gasteiger partial charge in [0, 0.05) is 29.7 Å². The summed E-state index contributed by atoms with van der Waals surface area (Å²) < 4.78 is 177. The number of fused-ring (bicyclic) bond motifs is 4. The number of hydrogen-bond acceptors (Lipinski definition) is 4. The second-order valence-corrected chi connectivity index (χ2v) is 17.0. The van der Waals surface area contributed by atoms with Crippen LogP contribution >= 0.6 is 7.92 Å². The van der Waals surface area contributed by atoms with Gasteiger partial charge in [-0.2, -0.15) is 52.7 Å². The molecule has 1 N–H and O–H groups in total. The first-order valence-corrected chi connectivity index (χ1v) is 20.0. The number of alkyl halides is 12. The van der Waals surface area contributed by atoms with Crippen molar-refractivity contribution >= 4 is 40.6 Å². The summed E-state index contributed by atoms with van der Waals surface area (Å²) in [6, 6.07) is 11.0. The number of rotatable bonds is 9. The number of carbonyl (C=O) groups is 1. The molecule has 0 spiro atoms. The van der Waals surface area contributed by atoms with Crippen LogP contribution in [0.2, 0.25) is 0 Å². The van der Waals surface area contributed by atoms with Gasteiger partial charge in [-0.15, -0.1) is 6.58 Å². The molecule has 2 bridgehead atoms. The lowest BCUT2D eigenvalue weighted by atomic mass is 9.73. The summed E-state index contributed by atoms with van der Waals surface area (Å²) in [6.45, 7) is 5.20. The molecule has 3 unspecified atom stereocenters. The lowest BCUT2D eigenvalue weighted by molar-refractivity contribution is -0.144. The second kappa shape index (κ2) is 16.3. The molecule has 8 rings (SSSR count). The highest BCUT2D eigenvalue weighted by Gasteiger charge is 2.45. The van der Waals surface area contributed by atoms with Gasteiger partial charge in [0.2, 0.25) is 0 Å².